The van der Waals surface area contributed by atoms with E-state index in [2.05, 4.69) is 16.6 Å². The minimum absolute atomic E-state index is 0.0234. The molecule has 0 aliphatic heterocycles. The van der Waals surface area contributed by atoms with Crippen molar-refractivity contribution in [3.63, 3.8) is 0 Å². The summed E-state index contributed by atoms with van der Waals surface area (Å²) in [6, 6.07) is 4.52. The summed E-state index contributed by atoms with van der Waals surface area (Å²) in [5, 5.41) is 2.48. The topological polar surface area (TPSA) is 111 Å². The predicted molar refractivity (Wildman–Crippen MR) is 91.5 cm³/mol. The van der Waals surface area contributed by atoms with Gasteiger partial charge in [-0.25, -0.2) is 8.42 Å². The largest absolute Gasteiger partial charge is 0.497 e. The molecule has 1 amide bonds. The molecule has 1 aromatic carbocycles. The number of amides is 1. The number of carbonyl (C=O) groups is 2. The molecule has 0 bridgehead atoms. The average molecular weight is 370 g/mol. The fourth-order valence-corrected chi connectivity index (χ4v) is 2.94. The van der Waals surface area contributed by atoms with Crippen molar-refractivity contribution in [1.82, 2.24) is 10.0 Å². The van der Waals surface area contributed by atoms with Crippen molar-refractivity contribution in [2.45, 2.75) is 30.9 Å². The Bertz CT molecular complexity index is 715. The van der Waals surface area contributed by atoms with Gasteiger partial charge in [-0.3, -0.25) is 9.59 Å². The Balaban J connectivity index is 2.69. The third-order valence-electron chi connectivity index (χ3n) is 3.14. The van der Waals surface area contributed by atoms with Crippen molar-refractivity contribution in [3.8, 4) is 5.75 Å². The summed E-state index contributed by atoms with van der Waals surface area (Å²) >= 11 is 0. The predicted octanol–water partition coefficient (Wildman–Crippen LogP) is 0.596. The van der Waals surface area contributed by atoms with E-state index < -0.39 is 34.0 Å². The van der Waals surface area contributed by atoms with Gasteiger partial charge >= 0.3 is 5.97 Å². The Kier molecular flexibility index (Phi) is 7.59. The van der Waals surface area contributed by atoms with Gasteiger partial charge in [-0.15, -0.1) is 6.58 Å². The van der Waals surface area contributed by atoms with Gasteiger partial charge in [-0.1, -0.05) is 6.08 Å². The number of methoxy groups -OCH3 is 1. The lowest BCUT2D eigenvalue weighted by atomic mass is 10.3. The minimum atomic E-state index is -3.92. The summed E-state index contributed by atoms with van der Waals surface area (Å²) in [5.74, 6) is -0.859. The molecule has 0 aromatic heterocycles. The third kappa shape index (κ3) is 6.20. The second-order valence-corrected chi connectivity index (χ2v) is 6.85. The summed E-state index contributed by atoms with van der Waals surface area (Å²) in [7, 11) is -2.46. The van der Waals surface area contributed by atoms with Gasteiger partial charge in [-0.2, -0.15) is 4.72 Å². The number of esters is 1. The van der Waals surface area contributed by atoms with Gasteiger partial charge in [0.05, 0.1) is 12.0 Å². The molecule has 2 atom stereocenters. The van der Waals surface area contributed by atoms with Crippen LogP contribution in [0.15, 0.2) is 41.8 Å². The molecule has 8 nitrogen and oxygen atoms in total. The molecule has 0 aliphatic carbocycles. The summed E-state index contributed by atoms with van der Waals surface area (Å²) in [6.07, 6.45) is 0.429. The Morgan fingerprint density at radius 1 is 1.24 bits per heavy atom. The van der Waals surface area contributed by atoms with Crippen LogP contribution in [0.2, 0.25) is 0 Å². The van der Waals surface area contributed by atoms with E-state index in [0.29, 0.717) is 5.75 Å². The van der Waals surface area contributed by atoms with Crippen LogP contribution in [0.1, 0.15) is 13.8 Å². The maximum absolute atomic E-state index is 12.3. The Morgan fingerprint density at radius 2 is 1.84 bits per heavy atom. The van der Waals surface area contributed by atoms with Crippen molar-refractivity contribution < 1.29 is 27.5 Å². The van der Waals surface area contributed by atoms with E-state index in [0.717, 1.165) is 0 Å². The molecular weight excluding hydrogens is 348 g/mol. The van der Waals surface area contributed by atoms with Gasteiger partial charge in [0, 0.05) is 6.54 Å². The lowest BCUT2D eigenvalue weighted by molar-refractivity contribution is -0.155. The van der Waals surface area contributed by atoms with Crippen molar-refractivity contribution in [3.05, 3.63) is 36.9 Å². The van der Waals surface area contributed by atoms with Gasteiger partial charge in [0.1, 0.15) is 11.8 Å². The fraction of sp³-hybridized carbons (Fsp3) is 0.375. The molecule has 0 heterocycles. The lowest BCUT2D eigenvalue weighted by Crippen LogP contribution is -2.43. The Labute approximate surface area is 147 Å². The van der Waals surface area contributed by atoms with E-state index in [1.54, 1.807) is 0 Å². The van der Waals surface area contributed by atoms with E-state index in [9.17, 15) is 18.0 Å². The van der Waals surface area contributed by atoms with Gasteiger partial charge in [0.15, 0.2) is 6.10 Å². The first kappa shape index (κ1) is 20.7. The highest BCUT2D eigenvalue weighted by atomic mass is 32.2. The second kappa shape index (κ2) is 9.19. The number of carbonyl (C=O) groups excluding carboxylic acids is 2. The fourth-order valence-electron chi connectivity index (χ4n) is 1.75. The highest BCUT2D eigenvalue weighted by Crippen LogP contribution is 2.15. The highest BCUT2D eigenvalue weighted by Gasteiger charge is 2.26. The average Bonchev–Trinajstić information content (AvgIpc) is 2.59. The molecule has 138 valence electrons. The van der Waals surface area contributed by atoms with Crippen LogP contribution in [0.3, 0.4) is 0 Å². The van der Waals surface area contributed by atoms with Crippen LogP contribution in [0.25, 0.3) is 0 Å². The van der Waals surface area contributed by atoms with Crippen LogP contribution in [0, 0.1) is 0 Å². The molecule has 0 unspecified atom stereocenters. The molecule has 0 spiro atoms. The Morgan fingerprint density at radius 3 is 2.36 bits per heavy atom. The normalized spacial score (nSPS) is 13.4. The van der Waals surface area contributed by atoms with E-state index in [1.807, 2.05) is 0 Å². The van der Waals surface area contributed by atoms with Gasteiger partial charge in [-0.05, 0) is 38.1 Å². The van der Waals surface area contributed by atoms with E-state index in [-0.39, 0.29) is 11.4 Å². The minimum Gasteiger partial charge on any atom is -0.497 e. The number of hydrogen-bond donors (Lipinski definition) is 2. The van der Waals surface area contributed by atoms with Gasteiger partial charge < -0.3 is 14.8 Å². The summed E-state index contributed by atoms with van der Waals surface area (Å²) in [4.78, 5) is 23.6. The molecular formula is C16H22N2O6S. The molecule has 0 radical (unpaired) electrons. The highest BCUT2D eigenvalue weighted by molar-refractivity contribution is 7.89. The van der Waals surface area contributed by atoms with Crippen molar-refractivity contribution in [2.75, 3.05) is 13.7 Å². The number of benzene rings is 1. The van der Waals surface area contributed by atoms with Crippen molar-refractivity contribution in [1.29, 1.82) is 0 Å². The number of sulfonamides is 1. The molecule has 0 fully saturated rings. The van der Waals surface area contributed by atoms with Crippen LogP contribution in [-0.2, 0) is 24.3 Å². The molecule has 25 heavy (non-hydrogen) atoms. The monoisotopic (exact) mass is 370 g/mol. The molecule has 9 heteroatoms. The van der Waals surface area contributed by atoms with Gasteiger partial charge in [0.25, 0.3) is 5.91 Å². The first-order chi connectivity index (χ1) is 11.7. The zero-order valence-corrected chi connectivity index (χ0v) is 15.1. The summed E-state index contributed by atoms with van der Waals surface area (Å²) < 4.78 is 36.6. The number of hydrogen-bond acceptors (Lipinski definition) is 6. The van der Waals surface area contributed by atoms with Crippen LogP contribution in [-0.4, -0.2) is 46.1 Å². The molecule has 0 aliphatic rings. The first-order valence-corrected chi connectivity index (χ1v) is 8.95. The van der Waals surface area contributed by atoms with Crippen molar-refractivity contribution in [2.24, 2.45) is 0 Å². The first-order valence-electron chi connectivity index (χ1n) is 7.46. The quantitative estimate of drug-likeness (QED) is 0.486. The van der Waals surface area contributed by atoms with Crippen LogP contribution in [0.4, 0.5) is 0 Å². The lowest BCUT2D eigenvalue weighted by Gasteiger charge is -2.17. The number of rotatable bonds is 9. The zero-order valence-electron chi connectivity index (χ0n) is 14.3. The summed E-state index contributed by atoms with van der Waals surface area (Å²) in [5.41, 5.74) is 0. The van der Waals surface area contributed by atoms with E-state index in [1.165, 1.54) is 51.3 Å². The van der Waals surface area contributed by atoms with E-state index >= 15 is 0 Å². The maximum atomic E-state index is 12.3. The molecule has 1 aromatic rings. The van der Waals surface area contributed by atoms with Gasteiger partial charge in [0.2, 0.25) is 10.0 Å². The maximum Gasteiger partial charge on any atom is 0.324 e. The SMILES string of the molecule is C=CCNC(=O)[C@H](C)OC(=O)[C@H](C)NS(=O)(=O)c1ccc(OC)cc1. The standard InChI is InChI=1S/C16H22N2O6S/c1-5-10-17-15(19)12(3)24-16(20)11(2)18-25(21,22)14-8-6-13(23-4)7-9-14/h5-9,11-12,18H,1,10H2,2-4H3,(H,17,19)/t11-,12-/m0/s1. The number of nitrogens with one attached hydrogen (secondary N) is 2. The Hall–Kier alpha value is -2.39. The van der Waals surface area contributed by atoms with Crippen LogP contribution < -0.4 is 14.8 Å². The smallest absolute Gasteiger partial charge is 0.324 e. The van der Waals surface area contributed by atoms with E-state index in [4.69, 9.17) is 9.47 Å². The number of ether oxygens (including phenoxy) is 2. The molecule has 2 N–H and O–H groups in total. The summed E-state index contributed by atoms with van der Waals surface area (Å²) in [6.45, 7) is 6.41. The van der Waals surface area contributed by atoms with Crippen molar-refractivity contribution >= 4 is 21.9 Å². The molecule has 0 saturated heterocycles. The van der Waals surface area contributed by atoms with Crippen LogP contribution in [0.5, 0.6) is 5.75 Å². The second-order valence-electron chi connectivity index (χ2n) is 5.13. The third-order valence-corrected chi connectivity index (χ3v) is 4.69. The molecule has 1 rings (SSSR count). The zero-order chi connectivity index (χ0) is 19.0. The molecule has 0 saturated carbocycles. The van der Waals surface area contributed by atoms with Crippen LogP contribution >= 0.6 is 0 Å².